The van der Waals surface area contributed by atoms with Gasteiger partial charge >= 0.3 is 0 Å². The van der Waals surface area contributed by atoms with Gasteiger partial charge in [0.1, 0.15) is 6.10 Å². The van der Waals surface area contributed by atoms with Crippen LogP contribution in [0.3, 0.4) is 0 Å². The van der Waals surface area contributed by atoms with Crippen molar-refractivity contribution in [1.82, 2.24) is 10.1 Å². The third-order valence-electron chi connectivity index (χ3n) is 4.47. The quantitative estimate of drug-likeness (QED) is 0.721. The van der Waals surface area contributed by atoms with Crippen molar-refractivity contribution in [1.29, 1.82) is 0 Å². The molecular formula is C20H20N4O3. The Hall–Kier alpha value is -3.03. The van der Waals surface area contributed by atoms with Gasteiger partial charge < -0.3 is 20.3 Å². The monoisotopic (exact) mass is 364 g/mol. The van der Waals surface area contributed by atoms with Crippen LogP contribution in [-0.2, 0) is 16.1 Å². The van der Waals surface area contributed by atoms with Crippen LogP contribution in [0.2, 0.25) is 0 Å². The van der Waals surface area contributed by atoms with Gasteiger partial charge in [-0.1, -0.05) is 35.5 Å². The predicted octanol–water partition coefficient (Wildman–Crippen LogP) is 2.98. The summed E-state index contributed by atoms with van der Waals surface area (Å²) in [5.74, 6) is 0.763. The molecule has 7 heteroatoms. The maximum atomic E-state index is 12.2. The van der Waals surface area contributed by atoms with Crippen molar-refractivity contribution in [3.8, 4) is 22.8 Å². The smallest absolute Gasteiger partial charge is 0.258 e. The van der Waals surface area contributed by atoms with Crippen LogP contribution in [0.4, 0.5) is 5.69 Å². The zero-order valence-electron chi connectivity index (χ0n) is 14.7. The molecule has 1 saturated heterocycles. The standard InChI is InChI=1S/C20H20N4O3/c21-12-13-6-8-14(9-7-13)18-23-20(27-24-18)15-3-1-4-16(11-15)22-19(25)17-5-2-10-26-17/h1,3-4,6-9,11,17H,2,5,10,12,21H2,(H,22,25). The molecule has 1 aliphatic rings. The summed E-state index contributed by atoms with van der Waals surface area (Å²) >= 11 is 0. The molecule has 2 heterocycles. The molecule has 3 aromatic rings. The molecule has 1 aliphatic heterocycles. The number of aromatic nitrogens is 2. The second-order valence-corrected chi connectivity index (χ2v) is 6.40. The molecule has 138 valence electrons. The van der Waals surface area contributed by atoms with Gasteiger partial charge in [0.25, 0.3) is 11.8 Å². The predicted molar refractivity (Wildman–Crippen MR) is 101 cm³/mol. The second kappa shape index (κ2) is 7.69. The van der Waals surface area contributed by atoms with E-state index in [-0.39, 0.29) is 12.0 Å². The lowest BCUT2D eigenvalue weighted by Crippen LogP contribution is -2.26. The molecule has 0 aliphatic carbocycles. The number of hydrogen-bond donors (Lipinski definition) is 2. The SMILES string of the molecule is NCc1ccc(-c2noc(-c3cccc(NC(=O)C4CCCO4)c3)n2)cc1. The van der Waals surface area contributed by atoms with Crippen molar-refractivity contribution in [2.75, 3.05) is 11.9 Å². The average molecular weight is 364 g/mol. The van der Waals surface area contributed by atoms with Crippen molar-refractivity contribution in [2.45, 2.75) is 25.5 Å². The summed E-state index contributed by atoms with van der Waals surface area (Å²) in [5, 5.41) is 6.93. The Morgan fingerprint density at radius 1 is 1.19 bits per heavy atom. The molecule has 0 bridgehead atoms. The minimum Gasteiger partial charge on any atom is -0.368 e. The number of anilines is 1. The first kappa shape index (κ1) is 17.4. The van der Waals surface area contributed by atoms with Crippen molar-refractivity contribution in [3.63, 3.8) is 0 Å². The molecule has 1 amide bonds. The zero-order valence-corrected chi connectivity index (χ0v) is 14.7. The number of carbonyl (C=O) groups excluding carboxylic acids is 1. The number of nitrogens with zero attached hydrogens (tertiary/aromatic N) is 2. The number of ether oxygens (including phenoxy) is 1. The molecule has 3 N–H and O–H groups in total. The molecule has 0 saturated carbocycles. The Labute approximate surface area is 156 Å². The zero-order chi connectivity index (χ0) is 18.6. The molecule has 2 aromatic carbocycles. The number of amides is 1. The van der Waals surface area contributed by atoms with Crippen LogP contribution >= 0.6 is 0 Å². The van der Waals surface area contributed by atoms with E-state index in [2.05, 4.69) is 15.5 Å². The first-order valence-electron chi connectivity index (χ1n) is 8.89. The van der Waals surface area contributed by atoms with E-state index in [1.54, 1.807) is 0 Å². The normalized spacial score (nSPS) is 16.4. The highest BCUT2D eigenvalue weighted by atomic mass is 16.5. The van der Waals surface area contributed by atoms with Crippen molar-refractivity contribution in [2.24, 2.45) is 5.73 Å². The van der Waals surface area contributed by atoms with Gasteiger partial charge in [-0.3, -0.25) is 4.79 Å². The molecule has 1 atom stereocenters. The van der Waals surface area contributed by atoms with E-state index in [1.807, 2.05) is 48.5 Å². The van der Waals surface area contributed by atoms with E-state index in [9.17, 15) is 4.79 Å². The summed E-state index contributed by atoms with van der Waals surface area (Å²) in [4.78, 5) is 16.7. The lowest BCUT2D eigenvalue weighted by Gasteiger charge is -2.10. The van der Waals surface area contributed by atoms with Crippen LogP contribution in [0.1, 0.15) is 18.4 Å². The van der Waals surface area contributed by atoms with E-state index >= 15 is 0 Å². The molecule has 0 spiro atoms. The highest BCUT2D eigenvalue weighted by Gasteiger charge is 2.23. The van der Waals surface area contributed by atoms with Crippen molar-refractivity contribution in [3.05, 3.63) is 54.1 Å². The number of nitrogens with two attached hydrogens (primary N) is 1. The summed E-state index contributed by atoms with van der Waals surface area (Å²) in [6, 6.07) is 15.0. The lowest BCUT2D eigenvalue weighted by atomic mass is 10.1. The van der Waals surface area contributed by atoms with E-state index < -0.39 is 0 Å². The molecule has 1 aromatic heterocycles. The highest BCUT2D eigenvalue weighted by molar-refractivity contribution is 5.94. The van der Waals surface area contributed by atoms with Crippen LogP contribution in [-0.4, -0.2) is 28.8 Å². The van der Waals surface area contributed by atoms with Crippen LogP contribution in [0, 0.1) is 0 Å². The molecule has 1 unspecified atom stereocenters. The van der Waals surface area contributed by atoms with Crippen LogP contribution in [0.25, 0.3) is 22.8 Å². The maximum Gasteiger partial charge on any atom is 0.258 e. The minimum atomic E-state index is -0.375. The lowest BCUT2D eigenvalue weighted by molar-refractivity contribution is -0.124. The molecule has 1 fully saturated rings. The average Bonchev–Trinajstić information content (AvgIpc) is 3.40. The Morgan fingerprint density at radius 2 is 2.04 bits per heavy atom. The van der Waals surface area contributed by atoms with Gasteiger partial charge in [-0.25, -0.2) is 0 Å². The van der Waals surface area contributed by atoms with Gasteiger partial charge in [0.2, 0.25) is 5.82 Å². The van der Waals surface area contributed by atoms with Crippen LogP contribution in [0.15, 0.2) is 53.1 Å². The molecule has 4 rings (SSSR count). The first-order valence-corrected chi connectivity index (χ1v) is 8.89. The van der Waals surface area contributed by atoms with Gasteiger partial charge in [0.05, 0.1) is 0 Å². The van der Waals surface area contributed by atoms with E-state index in [0.717, 1.165) is 29.5 Å². The summed E-state index contributed by atoms with van der Waals surface area (Å²) in [7, 11) is 0. The number of carbonyl (C=O) groups is 1. The van der Waals surface area contributed by atoms with E-state index in [4.69, 9.17) is 15.0 Å². The number of benzene rings is 2. The number of rotatable bonds is 5. The minimum absolute atomic E-state index is 0.129. The summed E-state index contributed by atoms with van der Waals surface area (Å²) in [6.45, 7) is 1.12. The number of hydrogen-bond acceptors (Lipinski definition) is 6. The van der Waals surface area contributed by atoms with Gasteiger partial charge in [0, 0.05) is 30.0 Å². The Morgan fingerprint density at radius 3 is 2.78 bits per heavy atom. The van der Waals surface area contributed by atoms with Crippen molar-refractivity contribution >= 4 is 11.6 Å². The second-order valence-electron chi connectivity index (χ2n) is 6.40. The first-order chi connectivity index (χ1) is 13.2. The maximum absolute atomic E-state index is 12.2. The Balaban J connectivity index is 1.51. The van der Waals surface area contributed by atoms with Gasteiger partial charge in [-0.2, -0.15) is 4.98 Å². The van der Waals surface area contributed by atoms with Crippen LogP contribution in [0.5, 0.6) is 0 Å². The Bertz CT molecular complexity index is 930. The fourth-order valence-corrected chi connectivity index (χ4v) is 2.99. The molecule has 7 nitrogen and oxygen atoms in total. The summed E-state index contributed by atoms with van der Waals surface area (Å²) < 4.78 is 10.8. The van der Waals surface area contributed by atoms with E-state index in [0.29, 0.717) is 30.6 Å². The topological polar surface area (TPSA) is 103 Å². The third kappa shape index (κ3) is 3.89. The molecule has 0 radical (unpaired) electrons. The third-order valence-corrected chi connectivity index (χ3v) is 4.47. The van der Waals surface area contributed by atoms with Gasteiger partial charge in [-0.15, -0.1) is 0 Å². The largest absolute Gasteiger partial charge is 0.368 e. The fourth-order valence-electron chi connectivity index (χ4n) is 2.99. The summed E-state index contributed by atoms with van der Waals surface area (Å²) in [6.07, 6.45) is 1.29. The summed E-state index contributed by atoms with van der Waals surface area (Å²) in [5.41, 5.74) is 8.91. The fraction of sp³-hybridized carbons (Fsp3) is 0.250. The number of nitrogens with one attached hydrogen (secondary N) is 1. The van der Waals surface area contributed by atoms with Gasteiger partial charge in [0.15, 0.2) is 0 Å². The molecule has 27 heavy (non-hydrogen) atoms. The van der Waals surface area contributed by atoms with Crippen molar-refractivity contribution < 1.29 is 14.1 Å². The van der Waals surface area contributed by atoms with Gasteiger partial charge in [-0.05, 0) is 36.6 Å². The Kier molecular flexibility index (Phi) is 4.95. The van der Waals surface area contributed by atoms with E-state index in [1.165, 1.54) is 0 Å². The molecular weight excluding hydrogens is 344 g/mol. The van der Waals surface area contributed by atoms with Crippen LogP contribution < -0.4 is 11.1 Å². The highest BCUT2D eigenvalue weighted by Crippen LogP contribution is 2.25.